The van der Waals surface area contributed by atoms with Gasteiger partial charge in [0.05, 0.1) is 76.5 Å². The van der Waals surface area contributed by atoms with Crippen LogP contribution in [0.25, 0.3) is 123 Å². The molecule has 7 N–H and O–H groups in total. The van der Waals surface area contributed by atoms with E-state index in [2.05, 4.69) is 85.7 Å². The lowest BCUT2D eigenvalue weighted by atomic mass is 9.95. The molecule has 0 bridgehead atoms. The third kappa shape index (κ3) is 18.9. The predicted molar refractivity (Wildman–Crippen MR) is 480 cm³/mol. The number of H-pyrrole nitrogens is 1. The van der Waals surface area contributed by atoms with Crippen molar-refractivity contribution < 1.29 is 40.7 Å². The fourth-order valence-corrected chi connectivity index (χ4v) is 14.5. The average Bonchev–Trinajstić information content (AvgIpc) is 1.75. The van der Waals surface area contributed by atoms with E-state index < -0.39 is 40.9 Å². The predicted octanol–water partition coefficient (Wildman–Crippen LogP) is 21.1. The number of halogens is 6. The van der Waals surface area contributed by atoms with Crippen LogP contribution in [0, 0.1) is 40.3 Å². The van der Waals surface area contributed by atoms with Gasteiger partial charge >= 0.3 is 0 Å². The molecule has 9 heterocycles. The summed E-state index contributed by atoms with van der Waals surface area (Å²) in [5.41, 5.74) is 35.5. The molecule has 10 aromatic carbocycles. The lowest BCUT2D eigenvalue weighted by Crippen LogP contribution is -2.25. The Hall–Kier alpha value is -16.1. The largest absolute Gasteiger partial charge is 0.398 e. The second-order valence-electron chi connectivity index (χ2n) is 29.3. The SMILES string of the molecule is CCCNC(=O)c1cc(-c2ncccc2-c2ccc3c(c2)C=NC3)ccc1F.CN(C)C(=O)c1cc(-c2ncccc2-c2ccc3c(c2)C=NC3)ccc1F.Fc1ccc(-c2ncccc2-c2ccc3cn[nH]c3c2)cc1F.N=Cc1ccc(-c2cccnc2-c2ccccc2F)cc1N.NC(=O)c1cc(-c2ncccc2-c2ccc3c(c2)C=NC3)ccc1F. The molecule has 0 saturated carbocycles. The van der Waals surface area contributed by atoms with Gasteiger partial charge in [0.2, 0.25) is 0 Å². The number of nitrogens with zero attached hydrogens (tertiary/aromatic N) is 10. The highest BCUT2D eigenvalue weighted by molar-refractivity contribution is 6.00. The number of fused-ring (bicyclic) bond motifs is 4. The van der Waals surface area contributed by atoms with Crippen LogP contribution in [0.3, 0.4) is 0 Å². The van der Waals surface area contributed by atoms with Gasteiger partial charge in [-0.3, -0.25) is 59.4 Å². The van der Waals surface area contributed by atoms with Gasteiger partial charge in [-0.05, 0) is 213 Å². The molecule has 0 saturated heterocycles. The van der Waals surface area contributed by atoms with Crippen LogP contribution in [0.15, 0.2) is 301 Å². The van der Waals surface area contributed by atoms with E-state index in [0.717, 1.165) is 102 Å². The Morgan fingerprint density at radius 1 is 0.416 bits per heavy atom. The Bertz CT molecular complexity index is 6930. The van der Waals surface area contributed by atoms with E-state index in [1.165, 1.54) is 64.2 Å². The first kappa shape index (κ1) is 83.9. The molecule has 0 aliphatic carbocycles. The Morgan fingerprint density at radius 2 is 0.808 bits per heavy atom. The molecule has 616 valence electrons. The standard InChI is InChI=1S/C23H20FN3O.C22H18FN3O.C20H14FN3O.C18H11F2N3.C18H14FN3/c1-2-9-27-23(28)20-12-16(7-8-21(20)24)22-19(4-3-10-26-22)15-5-6-17-13-25-14-18(17)11-15;1-26(2)22(27)19-11-15(7-8-20(19)23)21-18(4-3-9-25-21)14-5-6-16-12-24-13-17(16)10-14;21-18-6-5-13(9-17(18)20(22)25)19-16(2-1-7-24-19)12-3-4-14-10-23-11-15(14)8-12;19-15-6-5-12(8-16(15)20)18-14(2-1-7-21-18)11-3-4-13-10-22-23-17(13)9-11;19-16-6-2-1-4-15(16)18-14(5-3-9-22-18)12-7-8-13(11-20)17(21)10-12/h3-8,10-12,14H,2,9,13H2,1H3,(H,27,28);3-11,13H,12H2,1-2H3;1-9,11H,10H2,(H2,22,25);1-10H,(H,22,23);1-11,20H,21H2. The maximum atomic E-state index is 14.2. The van der Waals surface area contributed by atoms with E-state index in [0.29, 0.717) is 93.7 Å². The lowest BCUT2D eigenvalue weighted by molar-refractivity contribution is 0.0822. The van der Waals surface area contributed by atoms with Crippen LogP contribution in [-0.2, 0) is 19.6 Å². The van der Waals surface area contributed by atoms with E-state index in [1.807, 2.05) is 129 Å². The number of aromatic nitrogens is 7. The molecular weight excluding hydrogens is 1590 g/mol. The normalized spacial score (nSPS) is 11.6. The number of carbonyl (C=O) groups excluding carboxylic acids is 3. The summed E-state index contributed by atoms with van der Waals surface area (Å²) in [6.07, 6.45) is 17.7. The zero-order valence-electron chi connectivity index (χ0n) is 67.6. The number of primary amides is 1. The van der Waals surface area contributed by atoms with Crippen LogP contribution in [0.2, 0.25) is 0 Å². The number of carbonyl (C=O) groups is 3. The van der Waals surface area contributed by atoms with E-state index in [4.69, 9.17) is 16.9 Å². The van der Waals surface area contributed by atoms with E-state index in [9.17, 15) is 40.7 Å². The van der Waals surface area contributed by atoms with Crippen LogP contribution in [-0.4, -0.2) is 103 Å². The number of aliphatic imine (C=N–C) groups is 3. The summed E-state index contributed by atoms with van der Waals surface area (Å²) in [6.45, 7) is 4.59. The van der Waals surface area contributed by atoms with Gasteiger partial charge in [0, 0.05) is 149 Å². The highest BCUT2D eigenvalue weighted by atomic mass is 19.2. The summed E-state index contributed by atoms with van der Waals surface area (Å²) >= 11 is 0. The highest BCUT2D eigenvalue weighted by Crippen LogP contribution is 2.40. The quantitative estimate of drug-likeness (QED) is 0.0347. The van der Waals surface area contributed by atoms with Crippen molar-refractivity contribution in [2.75, 3.05) is 26.4 Å². The molecule has 18 nitrogen and oxygen atoms in total. The van der Waals surface area contributed by atoms with Crippen molar-refractivity contribution in [1.82, 2.24) is 45.3 Å². The van der Waals surface area contributed by atoms with E-state index >= 15 is 0 Å². The summed E-state index contributed by atoms with van der Waals surface area (Å²) in [5, 5.41) is 18.0. The molecule has 16 aromatic rings. The number of benzene rings is 10. The number of nitrogens with two attached hydrogens (primary N) is 2. The molecule has 0 atom stereocenters. The molecule has 0 fully saturated rings. The van der Waals surface area contributed by atoms with Gasteiger partial charge in [0.1, 0.15) is 23.3 Å². The second kappa shape index (κ2) is 38.1. The van der Waals surface area contributed by atoms with Crippen molar-refractivity contribution in [3.63, 3.8) is 0 Å². The van der Waals surface area contributed by atoms with Crippen LogP contribution in [0.5, 0.6) is 0 Å². The third-order valence-electron chi connectivity index (χ3n) is 20.9. The van der Waals surface area contributed by atoms with Crippen LogP contribution < -0.4 is 16.8 Å². The summed E-state index contributed by atoms with van der Waals surface area (Å²) in [4.78, 5) is 72.4. The Kier molecular flexibility index (Phi) is 25.6. The minimum absolute atomic E-state index is 0.0311. The molecule has 6 aromatic heterocycles. The number of amides is 3. The molecule has 125 heavy (non-hydrogen) atoms. The zero-order chi connectivity index (χ0) is 87.2. The minimum atomic E-state index is -0.886. The van der Waals surface area contributed by atoms with Crippen molar-refractivity contribution >= 4 is 59.2 Å². The summed E-state index contributed by atoms with van der Waals surface area (Å²) < 4.78 is 83.0. The number of hydrogen-bond donors (Lipinski definition) is 5. The van der Waals surface area contributed by atoms with Crippen LogP contribution in [0.1, 0.15) is 83.4 Å². The minimum Gasteiger partial charge on any atom is -0.398 e. The van der Waals surface area contributed by atoms with Gasteiger partial charge in [-0.25, -0.2) is 26.3 Å². The molecule has 0 spiro atoms. The first-order valence-electron chi connectivity index (χ1n) is 39.7. The topological polar surface area (TPSA) is 273 Å². The summed E-state index contributed by atoms with van der Waals surface area (Å²) in [7, 11) is 3.21. The molecule has 3 aliphatic heterocycles. The van der Waals surface area contributed by atoms with Gasteiger partial charge in [-0.1, -0.05) is 110 Å². The number of anilines is 1. The van der Waals surface area contributed by atoms with Gasteiger partial charge < -0.3 is 27.1 Å². The molecule has 0 unspecified atom stereocenters. The lowest BCUT2D eigenvalue weighted by Gasteiger charge is -2.14. The molecule has 3 amide bonds. The van der Waals surface area contributed by atoms with E-state index in [-0.39, 0.29) is 28.4 Å². The number of hydrogen-bond acceptors (Lipinski definition) is 14. The van der Waals surface area contributed by atoms with Gasteiger partial charge in [-0.15, -0.1) is 0 Å². The first-order chi connectivity index (χ1) is 60.8. The fourth-order valence-electron chi connectivity index (χ4n) is 14.5. The number of rotatable bonds is 16. The molecule has 24 heteroatoms. The van der Waals surface area contributed by atoms with Crippen LogP contribution >= 0.6 is 0 Å². The Morgan fingerprint density at radius 3 is 1.26 bits per heavy atom. The second-order valence-corrected chi connectivity index (χ2v) is 29.3. The molecular formula is C101H77F6N15O3. The average molecular weight is 1660 g/mol. The third-order valence-corrected chi connectivity index (χ3v) is 20.9. The maximum Gasteiger partial charge on any atom is 0.256 e. The van der Waals surface area contributed by atoms with Crippen LogP contribution in [0.4, 0.5) is 32.0 Å². The van der Waals surface area contributed by atoms with Crippen molar-refractivity contribution in [2.24, 2.45) is 20.7 Å². The molecule has 0 radical (unpaired) electrons. The zero-order valence-corrected chi connectivity index (χ0v) is 67.6. The summed E-state index contributed by atoms with van der Waals surface area (Å²) in [6, 6.07) is 72.5. The number of nitrogen functional groups attached to an aromatic ring is 1. The van der Waals surface area contributed by atoms with Crippen molar-refractivity contribution in [3.8, 4) is 112 Å². The molecule has 19 rings (SSSR count). The first-order valence-corrected chi connectivity index (χ1v) is 39.7. The van der Waals surface area contributed by atoms with Crippen molar-refractivity contribution in [1.29, 1.82) is 5.41 Å². The Balaban J connectivity index is 0.000000121. The molecule has 3 aliphatic rings. The van der Waals surface area contributed by atoms with Gasteiger partial charge in [0.25, 0.3) is 17.7 Å². The number of pyridine rings is 5. The van der Waals surface area contributed by atoms with Gasteiger partial charge in [-0.2, -0.15) is 5.10 Å². The number of nitrogens with one attached hydrogen (secondary N) is 3. The number of aromatic amines is 1. The van der Waals surface area contributed by atoms with E-state index in [1.54, 1.807) is 118 Å². The summed E-state index contributed by atoms with van der Waals surface area (Å²) in [5.74, 6) is -5.37. The van der Waals surface area contributed by atoms with Gasteiger partial charge in [0.15, 0.2) is 11.6 Å². The monoisotopic (exact) mass is 1660 g/mol. The highest BCUT2D eigenvalue weighted by Gasteiger charge is 2.23. The fraction of sp³-hybridized carbons (Fsp3) is 0.0792. The van der Waals surface area contributed by atoms with Crippen molar-refractivity contribution in [3.05, 3.63) is 376 Å². The van der Waals surface area contributed by atoms with Crippen molar-refractivity contribution in [2.45, 2.75) is 33.0 Å². The smallest absolute Gasteiger partial charge is 0.256 e. The Labute approximate surface area is 715 Å². The maximum absolute atomic E-state index is 14.2.